The molecule has 0 saturated heterocycles. The van der Waals surface area contributed by atoms with Crippen LogP contribution >= 0.6 is 0 Å². The first-order chi connectivity index (χ1) is 14.8. The highest BCUT2D eigenvalue weighted by Crippen LogP contribution is 2.16. The molecule has 0 aliphatic rings. The molecule has 2 nitrogen and oxygen atoms in total. The lowest BCUT2D eigenvalue weighted by molar-refractivity contribution is -0.525. The summed E-state index contributed by atoms with van der Waals surface area (Å²) in [5.41, 5.74) is 1.35. The largest absolute Gasteiger partial charge is 0.303 e. The van der Waals surface area contributed by atoms with Crippen LogP contribution in [-0.4, -0.2) is 23.7 Å². The number of nitrogens with zero attached hydrogens (tertiary/aromatic N) is 1. The van der Waals surface area contributed by atoms with Crippen LogP contribution in [0.25, 0.3) is 0 Å². The van der Waals surface area contributed by atoms with E-state index in [4.69, 9.17) is 5.41 Å². The molecule has 0 spiro atoms. The van der Waals surface area contributed by atoms with Gasteiger partial charge in [-0.3, -0.25) is 0 Å². The van der Waals surface area contributed by atoms with Gasteiger partial charge in [-0.15, -0.1) is 0 Å². The monoisotopic (exact) mass is 413 g/mol. The summed E-state index contributed by atoms with van der Waals surface area (Å²) in [6, 6.07) is 13.3. The van der Waals surface area contributed by atoms with E-state index in [1.807, 2.05) is 0 Å². The molecule has 0 bridgehead atoms. The SMILES string of the molecule is CCCCCCCCCCCCCCCCCC[N+](=C=N)CC(C)c1ccccc1. The van der Waals surface area contributed by atoms with Crippen LogP contribution in [0.5, 0.6) is 0 Å². The lowest BCUT2D eigenvalue weighted by Gasteiger charge is -2.11. The fourth-order valence-electron chi connectivity index (χ4n) is 4.26. The van der Waals surface area contributed by atoms with Gasteiger partial charge in [-0.2, -0.15) is 0 Å². The molecule has 0 aliphatic carbocycles. The summed E-state index contributed by atoms with van der Waals surface area (Å²) in [4.78, 5) is 0. The summed E-state index contributed by atoms with van der Waals surface area (Å²) in [7, 11) is 0. The summed E-state index contributed by atoms with van der Waals surface area (Å²) in [5.74, 6) is 0.449. The van der Waals surface area contributed by atoms with Gasteiger partial charge < -0.3 is 0 Å². The highest BCUT2D eigenvalue weighted by molar-refractivity contribution is 5.28. The zero-order valence-corrected chi connectivity index (χ0v) is 20.1. The zero-order chi connectivity index (χ0) is 21.7. The fourth-order valence-corrected chi connectivity index (χ4v) is 4.26. The maximum Gasteiger partial charge on any atom is 0.303 e. The molecule has 1 aromatic carbocycles. The van der Waals surface area contributed by atoms with Crippen molar-refractivity contribution in [2.45, 2.75) is 122 Å². The van der Waals surface area contributed by atoms with Gasteiger partial charge >= 0.3 is 6.01 Å². The van der Waals surface area contributed by atoms with Gasteiger partial charge in [-0.1, -0.05) is 139 Å². The van der Waals surface area contributed by atoms with E-state index in [2.05, 4.69) is 54.8 Å². The number of nitrogens with one attached hydrogen (secondary N) is 1. The predicted octanol–water partition coefficient (Wildman–Crippen LogP) is 8.82. The van der Waals surface area contributed by atoms with Crippen molar-refractivity contribution in [1.29, 1.82) is 5.41 Å². The Bertz CT molecular complexity index is 545. The number of hydrogen-bond acceptors (Lipinski definition) is 1. The second kappa shape index (κ2) is 19.6. The molecule has 1 unspecified atom stereocenters. The van der Waals surface area contributed by atoms with Gasteiger partial charge in [0.15, 0.2) is 0 Å². The van der Waals surface area contributed by atoms with Crippen molar-refractivity contribution in [3.63, 3.8) is 0 Å². The van der Waals surface area contributed by atoms with Gasteiger partial charge in [0.05, 0.1) is 13.1 Å². The van der Waals surface area contributed by atoms with Crippen molar-refractivity contribution in [2.24, 2.45) is 0 Å². The fraction of sp³-hybridized carbons (Fsp3) is 0.750. The molecule has 0 saturated carbocycles. The minimum absolute atomic E-state index is 0.449. The normalized spacial score (nSPS) is 11.9. The lowest BCUT2D eigenvalue weighted by atomic mass is 10.0. The van der Waals surface area contributed by atoms with Crippen LogP contribution in [0.1, 0.15) is 128 Å². The summed E-state index contributed by atoms with van der Waals surface area (Å²) in [6.07, 6.45) is 22.4. The van der Waals surface area contributed by atoms with E-state index in [0.717, 1.165) is 13.1 Å². The predicted molar refractivity (Wildman–Crippen MR) is 132 cm³/mol. The van der Waals surface area contributed by atoms with E-state index in [9.17, 15) is 0 Å². The summed E-state index contributed by atoms with van der Waals surface area (Å²) < 4.78 is 2.06. The van der Waals surface area contributed by atoms with Crippen molar-refractivity contribution in [1.82, 2.24) is 0 Å². The number of unbranched alkanes of at least 4 members (excludes halogenated alkanes) is 15. The van der Waals surface area contributed by atoms with Crippen molar-refractivity contribution in [2.75, 3.05) is 13.1 Å². The van der Waals surface area contributed by atoms with Gasteiger partial charge in [0.1, 0.15) is 0 Å². The molecule has 0 heterocycles. The van der Waals surface area contributed by atoms with Crippen LogP contribution in [-0.2, 0) is 0 Å². The molecular formula is C28H49N2+. The van der Waals surface area contributed by atoms with Crippen molar-refractivity contribution in [3.05, 3.63) is 35.9 Å². The molecule has 1 rings (SSSR count). The molecule has 0 amide bonds. The van der Waals surface area contributed by atoms with Crippen LogP contribution < -0.4 is 0 Å². The van der Waals surface area contributed by atoms with Crippen molar-refractivity contribution < 1.29 is 4.58 Å². The first kappa shape index (κ1) is 26.6. The van der Waals surface area contributed by atoms with E-state index in [0.29, 0.717) is 5.92 Å². The highest BCUT2D eigenvalue weighted by Gasteiger charge is 2.10. The molecule has 0 aromatic heterocycles. The summed E-state index contributed by atoms with van der Waals surface area (Å²) in [5, 5.41) is 7.58. The molecule has 1 atom stereocenters. The Hall–Kier alpha value is -1.40. The van der Waals surface area contributed by atoms with Gasteiger partial charge in [-0.25, -0.2) is 4.58 Å². The average Bonchev–Trinajstić information content (AvgIpc) is 2.78. The molecule has 1 N–H and O–H groups in total. The van der Waals surface area contributed by atoms with E-state index in [1.54, 1.807) is 0 Å². The Morgan fingerprint density at radius 1 is 0.700 bits per heavy atom. The van der Waals surface area contributed by atoms with E-state index >= 15 is 0 Å². The Kier molecular flexibility index (Phi) is 17.4. The van der Waals surface area contributed by atoms with Gasteiger partial charge in [0, 0.05) is 5.92 Å². The number of benzene rings is 1. The first-order valence-electron chi connectivity index (χ1n) is 13.0. The van der Waals surface area contributed by atoms with Gasteiger partial charge in [-0.05, 0) is 18.4 Å². The third-order valence-electron chi connectivity index (χ3n) is 6.30. The molecule has 0 radical (unpaired) electrons. The Labute approximate surface area is 187 Å². The maximum atomic E-state index is 7.58. The van der Waals surface area contributed by atoms with E-state index in [-0.39, 0.29) is 0 Å². The van der Waals surface area contributed by atoms with Crippen LogP contribution in [0, 0.1) is 5.41 Å². The second-order valence-corrected chi connectivity index (χ2v) is 9.17. The molecule has 1 aromatic rings. The molecule has 30 heavy (non-hydrogen) atoms. The minimum Gasteiger partial charge on any atom is -0.220 e. The number of hydrogen-bond donors (Lipinski definition) is 1. The first-order valence-corrected chi connectivity index (χ1v) is 13.0. The molecule has 170 valence electrons. The van der Waals surface area contributed by atoms with Crippen LogP contribution in [0.15, 0.2) is 30.3 Å². The molecule has 0 aliphatic heterocycles. The molecule has 2 heteroatoms. The standard InChI is InChI=1S/C28H49N2/c1-3-4-5-6-7-8-9-10-11-12-13-14-15-16-17-21-24-30(26-29)25-27(2)28-22-19-18-20-23-28/h18-20,22-23,27,29H,3-17,21,24-25H2,1-2H3/q+1. The third-order valence-corrected chi connectivity index (χ3v) is 6.30. The van der Waals surface area contributed by atoms with Crippen LogP contribution in [0.2, 0.25) is 0 Å². The average molecular weight is 414 g/mol. The highest BCUT2D eigenvalue weighted by atomic mass is 15.0. The zero-order valence-electron chi connectivity index (χ0n) is 20.1. The smallest absolute Gasteiger partial charge is 0.220 e. The lowest BCUT2D eigenvalue weighted by Crippen LogP contribution is -2.18. The molecule has 0 fully saturated rings. The summed E-state index contributed by atoms with van der Waals surface area (Å²) >= 11 is 0. The second-order valence-electron chi connectivity index (χ2n) is 9.17. The number of rotatable bonds is 20. The minimum atomic E-state index is 0.449. The quantitative estimate of drug-likeness (QED) is 0.126. The van der Waals surface area contributed by atoms with Gasteiger partial charge in [0.2, 0.25) is 0 Å². The maximum absolute atomic E-state index is 7.58. The molecular weight excluding hydrogens is 364 g/mol. The van der Waals surface area contributed by atoms with Crippen LogP contribution in [0.4, 0.5) is 0 Å². The topological polar surface area (TPSA) is 26.9 Å². The third kappa shape index (κ3) is 14.6. The van der Waals surface area contributed by atoms with Crippen molar-refractivity contribution in [3.8, 4) is 0 Å². The van der Waals surface area contributed by atoms with Gasteiger partial charge in [0.25, 0.3) is 0 Å². The Balaban J connectivity index is 1.89. The van der Waals surface area contributed by atoms with Crippen LogP contribution in [0.3, 0.4) is 0 Å². The van der Waals surface area contributed by atoms with E-state index < -0.39 is 0 Å². The Morgan fingerprint density at radius 3 is 1.57 bits per heavy atom. The summed E-state index contributed by atoms with van der Waals surface area (Å²) in [6.45, 7) is 6.40. The Morgan fingerprint density at radius 2 is 1.13 bits per heavy atom. The van der Waals surface area contributed by atoms with E-state index in [1.165, 1.54) is 108 Å². The van der Waals surface area contributed by atoms with Crippen molar-refractivity contribution >= 4 is 6.01 Å².